The zero-order valence-corrected chi connectivity index (χ0v) is 18.9. The van der Waals surface area contributed by atoms with Gasteiger partial charge in [0.05, 0.1) is 5.52 Å². The van der Waals surface area contributed by atoms with Crippen LogP contribution in [0.15, 0.2) is 73.0 Å². The van der Waals surface area contributed by atoms with Crippen LogP contribution in [0.25, 0.3) is 17.0 Å². The number of rotatable bonds is 8. The highest BCUT2D eigenvalue weighted by Crippen LogP contribution is 2.39. The third kappa shape index (κ3) is 5.25. The average Bonchev–Trinajstić information content (AvgIpc) is 3.21. The maximum atomic E-state index is 13.4. The Balaban J connectivity index is 1.66. The van der Waals surface area contributed by atoms with Crippen molar-refractivity contribution in [2.45, 2.75) is 45.6 Å². The highest BCUT2D eigenvalue weighted by molar-refractivity contribution is 5.99. The maximum Gasteiger partial charge on any atom is 0.328 e. The number of carbonyl (C=O) groups excluding carboxylic acids is 1. The normalized spacial score (nSPS) is 18.1. The van der Waals surface area contributed by atoms with E-state index in [1.807, 2.05) is 48.5 Å². The molecule has 0 spiro atoms. The first-order valence-electron chi connectivity index (χ1n) is 11.4. The van der Waals surface area contributed by atoms with Crippen molar-refractivity contribution in [1.82, 2.24) is 4.57 Å². The molecule has 5 heteroatoms. The highest BCUT2D eigenvalue weighted by atomic mass is 16.5. The Labute approximate surface area is 194 Å². The quantitative estimate of drug-likeness (QED) is 0.319. The van der Waals surface area contributed by atoms with E-state index in [2.05, 4.69) is 19.1 Å². The van der Waals surface area contributed by atoms with Gasteiger partial charge in [-0.15, -0.1) is 0 Å². The van der Waals surface area contributed by atoms with Crippen LogP contribution in [0.5, 0.6) is 5.75 Å². The van der Waals surface area contributed by atoms with Gasteiger partial charge in [0.2, 0.25) is 5.91 Å². The van der Waals surface area contributed by atoms with Gasteiger partial charge in [-0.1, -0.05) is 49.4 Å². The number of carboxylic acids is 1. The van der Waals surface area contributed by atoms with Gasteiger partial charge in [0.25, 0.3) is 0 Å². The molecule has 0 saturated carbocycles. The molecule has 2 aromatic carbocycles. The third-order valence-electron chi connectivity index (χ3n) is 6.45. The fraction of sp³-hybridized carbons (Fsp3) is 0.286. The molecule has 1 aliphatic rings. The second-order valence-corrected chi connectivity index (χ2v) is 8.66. The first-order valence-corrected chi connectivity index (χ1v) is 11.4. The van der Waals surface area contributed by atoms with Crippen LogP contribution >= 0.6 is 0 Å². The number of fused-ring (bicyclic) bond motifs is 1. The predicted octanol–water partition coefficient (Wildman–Crippen LogP) is 6.48. The molecule has 1 unspecified atom stereocenters. The number of hydrogen-bond donors (Lipinski definition) is 1. The summed E-state index contributed by atoms with van der Waals surface area (Å²) in [6.07, 6.45) is 13.3. The number of carboxylic acid groups (broad SMARTS) is 1. The Morgan fingerprint density at radius 3 is 2.70 bits per heavy atom. The van der Waals surface area contributed by atoms with Crippen LogP contribution in [-0.4, -0.2) is 21.6 Å². The van der Waals surface area contributed by atoms with Crippen molar-refractivity contribution in [2.24, 2.45) is 5.41 Å². The van der Waals surface area contributed by atoms with E-state index in [4.69, 9.17) is 9.84 Å². The summed E-state index contributed by atoms with van der Waals surface area (Å²) in [5.74, 6) is -0.348. The predicted molar refractivity (Wildman–Crippen MR) is 130 cm³/mol. The van der Waals surface area contributed by atoms with E-state index in [0.717, 1.165) is 48.2 Å². The zero-order valence-electron chi connectivity index (χ0n) is 18.9. The molecule has 1 N–H and O–H groups in total. The highest BCUT2D eigenvalue weighted by Gasteiger charge is 2.30. The lowest BCUT2D eigenvalue weighted by molar-refractivity contribution is -0.131. The van der Waals surface area contributed by atoms with E-state index in [1.54, 1.807) is 10.8 Å². The number of hydrogen-bond acceptors (Lipinski definition) is 3. The van der Waals surface area contributed by atoms with E-state index < -0.39 is 5.97 Å². The van der Waals surface area contributed by atoms with Crippen molar-refractivity contribution < 1.29 is 19.4 Å². The van der Waals surface area contributed by atoms with Crippen molar-refractivity contribution in [3.8, 4) is 5.75 Å². The molecule has 0 bridgehead atoms. The molecule has 5 nitrogen and oxygen atoms in total. The van der Waals surface area contributed by atoms with Crippen molar-refractivity contribution in [3.05, 3.63) is 84.1 Å². The summed E-state index contributed by atoms with van der Waals surface area (Å²) >= 11 is 0. The lowest BCUT2D eigenvalue weighted by atomic mass is 9.74. The van der Waals surface area contributed by atoms with Crippen molar-refractivity contribution in [3.63, 3.8) is 0 Å². The van der Waals surface area contributed by atoms with Gasteiger partial charge in [0.1, 0.15) is 12.4 Å². The van der Waals surface area contributed by atoms with Crippen molar-refractivity contribution in [2.75, 3.05) is 0 Å². The Kier molecular flexibility index (Phi) is 6.78. The molecular formula is C28H29NO4. The van der Waals surface area contributed by atoms with Crippen molar-refractivity contribution >= 4 is 28.9 Å². The molecule has 4 rings (SSSR count). The summed E-state index contributed by atoms with van der Waals surface area (Å²) < 4.78 is 7.63. The van der Waals surface area contributed by atoms with Crippen LogP contribution in [0.4, 0.5) is 0 Å². The number of nitrogens with zero attached hydrogens (tertiary/aromatic N) is 1. The van der Waals surface area contributed by atoms with Gasteiger partial charge in [-0.3, -0.25) is 9.36 Å². The van der Waals surface area contributed by atoms with E-state index in [1.165, 1.54) is 6.08 Å². The Bertz CT molecular complexity index is 1210. The van der Waals surface area contributed by atoms with Gasteiger partial charge < -0.3 is 9.84 Å². The number of carbonyl (C=O) groups is 2. The standard InChI is InChI=1S/C28H29NO4/c1-2-28(15-7-4-8-16-28)18-26(30)29-19-22(11-14-27(31)32)24-17-23(12-13-25(24)29)33-20-21-9-5-3-6-10-21/h3,5-7,9-15,17,19H,2,4,8,16,18,20H2,1H3,(H,31,32)/b14-11+. The molecule has 0 amide bonds. The number of allylic oxidation sites excluding steroid dienone is 2. The molecule has 1 aromatic heterocycles. The first-order chi connectivity index (χ1) is 16.0. The minimum atomic E-state index is -1.03. The number of ether oxygens (including phenoxy) is 1. The summed E-state index contributed by atoms with van der Waals surface area (Å²) in [5.41, 5.74) is 2.38. The van der Waals surface area contributed by atoms with E-state index >= 15 is 0 Å². The minimum Gasteiger partial charge on any atom is -0.489 e. The van der Waals surface area contributed by atoms with Gasteiger partial charge in [0, 0.05) is 29.6 Å². The number of aliphatic carboxylic acids is 1. The fourth-order valence-corrected chi connectivity index (χ4v) is 4.51. The molecule has 1 heterocycles. The molecule has 0 saturated heterocycles. The molecule has 0 fully saturated rings. The molecule has 3 aromatic rings. The minimum absolute atomic E-state index is 0.0151. The van der Waals surface area contributed by atoms with Crippen LogP contribution in [0.2, 0.25) is 0 Å². The zero-order chi connectivity index (χ0) is 23.3. The molecular weight excluding hydrogens is 414 g/mol. The largest absolute Gasteiger partial charge is 0.489 e. The topological polar surface area (TPSA) is 68.5 Å². The van der Waals surface area contributed by atoms with Gasteiger partial charge in [-0.2, -0.15) is 0 Å². The lowest BCUT2D eigenvalue weighted by Crippen LogP contribution is -2.26. The Hall–Kier alpha value is -3.60. The van der Waals surface area contributed by atoms with E-state index in [9.17, 15) is 9.59 Å². The van der Waals surface area contributed by atoms with Gasteiger partial charge in [-0.25, -0.2) is 4.79 Å². The van der Waals surface area contributed by atoms with Gasteiger partial charge >= 0.3 is 5.97 Å². The van der Waals surface area contributed by atoms with Crippen LogP contribution in [-0.2, 0) is 11.4 Å². The van der Waals surface area contributed by atoms with Crippen molar-refractivity contribution in [1.29, 1.82) is 0 Å². The SMILES string of the molecule is CCC1(CC(=O)n2cc(/C=C/C(=O)O)c3cc(OCc4ccccc4)ccc32)C=CCCC1. The fourth-order valence-electron chi connectivity index (χ4n) is 4.51. The summed E-state index contributed by atoms with van der Waals surface area (Å²) in [6, 6.07) is 15.5. The molecule has 0 aliphatic heterocycles. The van der Waals surface area contributed by atoms with Crippen LogP contribution in [0.1, 0.15) is 54.9 Å². The summed E-state index contributed by atoms with van der Waals surface area (Å²) in [6.45, 7) is 2.56. The van der Waals surface area contributed by atoms with Gasteiger partial charge in [0.15, 0.2) is 0 Å². The molecule has 33 heavy (non-hydrogen) atoms. The molecule has 1 atom stereocenters. The van der Waals surface area contributed by atoms with E-state index in [0.29, 0.717) is 24.3 Å². The smallest absolute Gasteiger partial charge is 0.328 e. The monoisotopic (exact) mass is 443 g/mol. The third-order valence-corrected chi connectivity index (χ3v) is 6.45. The number of aromatic nitrogens is 1. The van der Waals surface area contributed by atoms with Crippen LogP contribution in [0.3, 0.4) is 0 Å². The summed E-state index contributed by atoms with van der Waals surface area (Å²) in [5, 5.41) is 9.91. The summed E-state index contributed by atoms with van der Waals surface area (Å²) in [4.78, 5) is 24.5. The molecule has 170 valence electrons. The van der Waals surface area contributed by atoms with Gasteiger partial charge in [-0.05, 0) is 60.9 Å². The lowest BCUT2D eigenvalue weighted by Gasteiger charge is -2.31. The summed E-state index contributed by atoms with van der Waals surface area (Å²) in [7, 11) is 0. The second kappa shape index (κ2) is 9.90. The Morgan fingerprint density at radius 1 is 1.18 bits per heavy atom. The molecule has 1 aliphatic carbocycles. The van der Waals surface area contributed by atoms with Crippen LogP contribution in [0, 0.1) is 5.41 Å². The number of benzene rings is 2. The second-order valence-electron chi connectivity index (χ2n) is 8.66. The van der Waals surface area contributed by atoms with E-state index in [-0.39, 0.29) is 11.3 Å². The maximum absolute atomic E-state index is 13.4. The Morgan fingerprint density at radius 2 is 2.00 bits per heavy atom. The average molecular weight is 444 g/mol. The molecule has 0 radical (unpaired) electrons. The van der Waals surface area contributed by atoms with Crippen LogP contribution < -0.4 is 4.74 Å². The first kappa shape index (κ1) is 22.6.